The molecule has 2 unspecified atom stereocenters. The van der Waals surface area contributed by atoms with E-state index >= 15 is 0 Å². The molecule has 1 aromatic rings. The highest BCUT2D eigenvalue weighted by Gasteiger charge is 2.20. The summed E-state index contributed by atoms with van der Waals surface area (Å²) < 4.78 is 5.34. The second kappa shape index (κ2) is 7.48. The van der Waals surface area contributed by atoms with Gasteiger partial charge in [-0.25, -0.2) is 0 Å². The van der Waals surface area contributed by atoms with Crippen molar-refractivity contribution < 1.29 is 4.52 Å². The number of rotatable bonds is 8. The van der Waals surface area contributed by atoms with Gasteiger partial charge in [0.2, 0.25) is 5.89 Å². The first-order valence-corrected chi connectivity index (χ1v) is 6.75. The molecule has 1 N–H and O–H groups in total. The zero-order valence-electron chi connectivity index (χ0n) is 12.2. The first kappa shape index (κ1) is 15.1. The topological polar surface area (TPSA) is 54.2 Å². The third kappa shape index (κ3) is 4.74. The largest absolute Gasteiger partial charge is 0.339 e. The van der Waals surface area contributed by atoms with Gasteiger partial charge in [-0.1, -0.05) is 19.0 Å². The SMILES string of the molecule is CCCNC(C)C(C)c1nc(CCN(C)C)no1. The number of hydrogen-bond donors (Lipinski definition) is 1. The molecule has 18 heavy (non-hydrogen) atoms. The number of hydrogen-bond acceptors (Lipinski definition) is 5. The van der Waals surface area contributed by atoms with Crippen molar-refractivity contribution in [2.24, 2.45) is 0 Å². The maximum Gasteiger partial charge on any atom is 0.231 e. The minimum atomic E-state index is 0.247. The predicted octanol–water partition coefficient (Wildman–Crippen LogP) is 1.67. The van der Waals surface area contributed by atoms with Crippen molar-refractivity contribution in [3.8, 4) is 0 Å². The molecule has 0 aliphatic rings. The van der Waals surface area contributed by atoms with Gasteiger partial charge in [-0.15, -0.1) is 0 Å². The lowest BCUT2D eigenvalue weighted by Gasteiger charge is -2.17. The second-order valence-corrected chi connectivity index (χ2v) is 5.13. The van der Waals surface area contributed by atoms with Crippen molar-refractivity contribution in [1.29, 1.82) is 0 Å². The summed E-state index contributed by atoms with van der Waals surface area (Å²) in [5, 5.41) is 7.49. The highest BCUT2D eigenvalue weighted by molar-refractivity contribution is 4.96. The van der Waals surface area contributed by atoms with Crippen LogP contribution >= 0.6 is 0 Å². The van der Waals surface area contributed by atoms with Gasteiger partial charge < -0.3 is 14.7 Å². The van der Waals surface area contributed by atoms with Gasteiger partial charge in [-0.05, 0) is 34.0 Å². The molecule has 5 nitrogen and oxygen atoms in total. The van der Waals surface area contributed by atoms with E-state index in [0.717, 1.165) is 37.6 Å². The van der Waals surface area contributed by atoms with E-state index in [0.29, 0.717) is 6.04 Å². The molecule has 0 bridgehead atoms. The van der Waals surface area contributed by atoms with E-state index in [-0.39, 0.29) is 5.92 Å². The molecule has 0 aromatic carbocycles. The highest BCUT2D eigenvalue weighted by atomic mass is 16.5. The van der Waals surface area contributed by atoms with Crippen molar-refractivity contribution >= 4 is 0 Å². The summed E-state index contributed by atoms with van der Waals surface area (Å²) in [5.41, 5.74) is 0. The van der Waals surface area contributed by atoms with Gasteiger partial charge in [-0.3, -0.25) is 0 Å². The summed E-state index contributed by atoms with van der Waals surface area (Å²) in [6, 6.07) is 0.354. The van der Waals surface area contributed by atoms with Gasteiger partial charge in [0.25, 0.3) is 0 Å². The molecule has 0 fully saturated rings. The first-order valence-electron chi connectivity index (χ1n) is 6.75. The molecule has 0 amide bonds. The van der Waals surface area contributed by atoms with Crippen molar-refractivity contribution in [3.63, 3.8) is 0 Å². The van der Waals surface area contributed by atoms with Crippen LogP contribution in [0.25, 0.3) is 0 Å². The smallest absolute Gasteiger partial charge is 0.231 e. The average molecular weight is 254 g/mol. The fourth-order valence-electron chi connectivity index (χ4n) is 1.64. The van der Waals surface area contributed by atoms with Gasteiger partial charge in [0.1, 0.15) is 0 Å². The van der Waals surface area contributed by atoms with Crippen LogP contribution < -0.4 is 5.32 Å². The minimum absolute atomic E-state index is 0.247. The molecule has 2 atom stereocenters. The molecular formula is C13H26N4O. The molecule has 0 saturated heterocycles. The van der Waals surface area contributed by atoms with Crippen molar-refractivity contribution in [2.45, 2.75) is 45.6 Å². The highest BCUT2D eigenvalue weighted by Crippen LogP contribution is 2.17. The Morgan fingerprint density at radius 1 is 1.33 bits per heavy atom. The Bertz CT molecular complexity index is 337. The molecule has 0 aliphatic heterocycles. The van der Waals surface area contributed by atoms with Crippen molar-refractivity contribution in [1.82, 2.24) is 20.4 Å². The Kier molecular flexibility index (Phi) is 6.29. The zero-order chi connectivity index (χ0) is 13.5. The molecule has 0 aliphatic carbocycles. The maximum absolute atomic E-state index is 5.34. The van der Waals surface area contributed by atoms with Gasteiger partial charge in [0.15, 0.2) is 5.82 Å². The molecule has 1 aromatic heterocycles. The van der Waals surface area contributed by atoms with E-state index in [4.69, 9.17) is 4.52 Å². The van der Waals surface area contributed by atoms with Gasteiger partial charge >= 0.3 is 0 Å². The van der Waals surface area contributed by atoms with Crippen LogP contribution in [0.15, 0.2) is 4.52 Å². The number of likely N-dealkylation sites (N-methyl/N-ethyl adjacent to an activating group) is 1. The number of aromatic nitrogens is 2. The number of nitrogens with zero attached hydrogens (tertiary/aromatic N) is 3. The molecule has 104 valence electrons. The molecule has 0 saturated carbocycles. The molecule has 1 rings (SSSR count). The second-order valence-electron chi connectivity index (χ2n) is 5.13. The van der Waals surface area contributed by atoms with E-state index in [9.17, 15) is 0 Å². The Hall–Kier alpha value is -0.940. The molecular weight excluding hydrogens is 228 g/mol. The Balaban J connectivity index is 2.50. The third-order valence-corrected chi connectivity index (χ3v) is 3.12. The lowest BCUT2D eigenvalue weighted by Crippen LogP contribution is -2.31. The summed E-state index contributed by atoms with van der Waals surface area (Å²) in [5.74, 6) is 1.78. The van der Waals surface area contributed by atoms with Crippen LogP contribution in [0.5, 0.6) is 0 Å². The summed E-state index contributed by atoms with van der Waals surface area (Å²) in [6.07, 6.45) is 1.97. The Morgan fingerprint density at radius 2 is 2.06 bits per heavy atom. The maximum atomic E-state index is 5.34. The Morgan fingerprint density at radius 3 is 2.67 bits per heavy atom. The summed E-state index contributed by atoms with van der Waals surface area (Å²) >= 11 is 0. The van der Waals surface area contributed by atoms with E-state index in [1.807, 2.05) is 14.1 Å². The molecule has 1 heterocycles. The quantitative estimate of drug-likeness (QED) is 0.764. The van der Waals surface area contributed by atoms with E-state index in [2.05, 4.69) is 41.1 Å². The molecule has 5 heteroatoms. The van der Waals surface area contributed by atoms with Crippen LogP contribution in [0.3, 0.4) is 0 Å². The summed E-state index contributed by atoms with van der Waals surface area (Å²) in [4.78, 5) is 6.58. The molecule has 0 spiro atoms. The predicted molar refractivity (Wildman–Crippen MR) is 72.7 cm³/mol. The van der Waals surface area contributed by atoms with Crippen LogP contribution in [0.1, 0.15) is 44.8 Å². The lowest BCUT2D eigenvalue weighted by molar-refractivity contribution is 0.326. The fourth-order valence-corrected chi connectivity index (χ4v) is 1.64. The summed E-state index contributed by atoms with van der Waals surface area (Å²) in [7, 11) is 4.08. The van der Waals surface area contributed by atoms with Gasteiger partial charge in [0, 0.05) is 19.0 Å². The van der Waals surface area contributed by atoms with E-state index < -0.39 is 0 Å². The lowest BCUT2D eigenvalue weighted by atomic mass is 10.0. The average Bonchev–Trinajstić information content (AvgIpc) is 2.81. The molecule has 0 radical (unpaired) electrons. The van der Waals surface area contributed by atoms with Crippen LogP contribution in [-0.2, 0) is 6.42 Å². The van der Waals surface area contributed by atoms with Crippen LogP contribution in [0, 0.1) is 0 Å². The standard InChI is InChI=1S/C13H26N4O/c1-6-8-14-11(3)10(2)13-15-12(16-18-13)7-9-17(4)5/h10-11,14H,6-9H2,1-5H3. The Labute approximate surface area is 110 Å². The third-order valence-electron chi connectivity index (χ3n) is 3.12. The number of nitrogens with one attached hydrogen (secondary N) is 1. The zero-order valence-corrected chi connectivity index (χ0v) is 12.2. The van der Waals surface area contributed by atoms with Crippen LogP contribution in [0.2, 0.25) is 0 Å². The fraction of sp³-hybridized carbons (Fsp3) is 0.846. The minimum Gasteiger partial charge on any atom is -0.339 e. The van der Waals surface area contributed by atoms with Gasteiger partial charge in [0.05, 0.1) is 5.92 Å². The monoisotopic (exact) mass is 254 g/mol. The van der Waals surface area contributed by atoms with E-state index in [1.165, 1.54) is 0 Å². The normalized spacial score (nSPS) is 15.0. The van der Waals surface area contributed by atoms with Crippen molar-refractivity contribution in [3.05, 3.63) is 11.7 Å². The summed E-state index contributed by atoms with van der Waals surface area (Å²) in [6.45, 7) is 8.40. The first-order chi connectivity index (χ1) is 8.54. The van der Waals surface area contributed by atoms with E-state index in [1.54, 1.807) is 0 Å². The van der Waals surface area contributed by atoms with Crippen LogP contribution in [0.4, 0.5) is 0 Å². The van der Waals surface area contributed by atoms with Crippen molar-refractivity contribution in [2.75, 3.05) is 27.2 Å². The van der Waals surface area contributed by atoms with Crippen LogP contribution in [-0.4, -0.2) is 48.3 Å². The van der Waals surface area contributed by atoms with Gasteiger partial charge in [-0.2, -0.15) is 4.98 Å².